The number of nitrogens with one attached hydrogen (secondary N) is 2. The molecule has 2 N–H and O–H groups in total. The molecule has 0 unspecified atom stereocenters. The van der Waals surface area contributed by atoms with Crippen LogP contribution < -0.4 is 15.5 Å². The second-order valence-electron chi connectivity index (χ2n) is 8.15. The van der Waals surface area contributed by atoms with Crippen molar-refractivity contribution >= 4 is 22.5 Å². The van der Waals surface area contributed by atoms with Crippen LogP contribution in [0.4, 0.5) is 15.9 Å². The maximum absolute atomic E-state index is 15.1. The number of benzene rings is 1. The Morgan fingerprint density at radius 3 is 2.91 bits per heavy atom. The van der Waals surface area contributed by atoms with Gasteiger partial charge in [-0.25, -0.2) is 14.4 Å². The minimum atomic E-state index is -0.270. The van der Waals surface area contributed by atoms with Gasteiger partial charge in [-0.05, 0) is 25.1 Å². The van der Waals surface area contributed by atoms with Gasteiger partial charge in [0, 0.05) is 50.7 Å². The third-order valence-electron chi connectivity index (χ3n) is 5.78. The molecule has 2 aliphatic heterocycles. The van der Waals surface area contributed by atoms with Crippen molar-refractivity contribution in [2.24, 2.45) is 0 Å². The van der Waals surface area contributed by atoms with Crippen molar-refractivity contribution in [2.75, 3.05) is 56.2 Å². The molecule has 2 aliphatic rings. The van der Waals surface area contributed by atoms with Crippen molar-refractivity contribution in [3.8, 4) is 11.3 Å². The second-order valence-corrected chi connectivity index (χ2v) is 8.15. The zero-order valence-electron chi connectivity index (χ0n) is 18.1. The minimum Gasteiger partial charge on any atom is -0.375 e. The zero-order valence-corrected chi connectivity index (χ0v) is 18.1. The van der Waals surface area contributed by atoms with E-state index < -0.39 is 0 Å². The molecule has 4 heterocycles. The van der Waals surface area contributed by atoms with Crippen LogP contribution in [0.5, 0.6) is 0 Å². The monoisotopic (exact) mass is 438 g/mol. The number of hydrogen-bond donors (Lipinski definition) is 2. The number of rotatable bonds is 5. The van der Waals surface area contributed by atoms with Gasteiger partial charge in [-0.2, -0.15) is 0 Å². The Kier molecular flexibility index (Phi) is 6.11. The molecule has 0 amide bonds. The van der Waals surface area contributed by atoms with Crippen LogP contribution in [0.25, 0.3) is 22.3 Å². The zero-order chi connectivity index (χ0) is 21.9. The molecule has 9 heteroatoms. The van der Waals surface area contributed by atoms with Gasteiger partial charge < -0.3 is 25.0 Å². The van der Waals surface area contributed by atoms with E-state index in [2.05, 4.69) is 20.6 Å². The van der Waals surface area contributed by atoms with Gasteiger partial charge in [-0.1, -0.05) is 6.07 Å². The van der Waals surface area contributed by atoms with Crippen LogP contribution >= 0.6 is 0 Å². The normalized spacial score (nSPS) is 21.6. The standard InChI is InChI=1S/C23H27FN6O2/c1-15-14-30(7-9-31-15)21-3-2-16(10-18(21)24)19-11-20-22(27-5-4-26-20)23(29-19)28-13-17-12-25-6-8-32-17/h2-5,10-11,15,17,25H,6-9,12-14H2,1H3,(H,28,29)/t15-,17-/m0/s1. The Morgan fingerprint density at radius 2 is 2.09 bits per heavy atom. The fourth-order valence-corrected chi connectivity index (χ4v) is 4.16. The maximum atomic E-state index is 15.1. The number of hydrogen-bond acceptors (Lipinski definition) is 8. The first-order valence-electron chi connectivity index (χ1n) is 11.0. The molecule has 32 heavy (non-hydrogen) atoms. The predicted molar refractivity (Wildman–Crippen MR) is 121 cm³/mol. The number of ether oxygens (including phenoxy) is 2. The first-order valence-corrected chi connectivity index (χ1v) is 11.0. The molecule has 2 aromatic heterocycles. The van der Waals surface area contributed by atoms with Gasteiger partial charge in [0.25, 0.3) is 0 Å². The summed E-state index contributed by atoms with van der Waals surface area (Å²) in [5.41, 5.74) is 3.31. The first kappa shape index (κ1) is 21.0. The number of aromatic nitrogens is 3. The van der Waals surface area contributed by atoms with Crippen LogP contribution in [0, 0.1) is 5.82 Å². The van der Waals surface area contributed by atoms with Crippen molar-refractivity contribution in [2.45, 2.75) is 19.1 Å². The molecule has 2 atom stereocenters. The lowest BCUT2D eigenvalue weighted by atomic mass is 10.1. The average molecular weight is 439 g/mol. The fraction of sp³-hybridized carbons (Fsp3) is 0.435. The van der Waals surface area contributed by atoms with E-state index in [-0.39, 0.29) is 18.0 Å². The van der Waals surface area contributed by atoms with Crippen LogP contribution in [0.2, 0.25) is 0 Å². The summed E-state index contributed by atoms with van der Waals surface area (Å²) in [7, 11) is 0. The SMILES string of the molecule is C[C@H]1CN(c2ccc(-c3cc4nccnc4c(NC[C@@H]4CNCCO4)n3)cc2F)CCO1. The number of morpholine rings is 2. The molecular weight excluding hydrogens is 411 g/mol. The van der Waals surface area contributed by atoms with E-state index in [1.54, 1.807) is 12.4 Å². The highest BCUT2D eigenvalue weighted by Gasteiger charge is 2.21. The maximum Gasteiger partial charge on any atom is 0.154 e. The van der Waals surface area contributed by atoms with Crippen LogP contribution in [0.3, 0.4) is 0 Å². The molecule has 3 aromatic rings. The quantitative estimate of drug-likeness (QED) is 0.629. The van der Waals surface area contributed by atoms with Crippen molar-refractivity contribution in [1.29, 1.82) is 0 Å². The molecule has 0 spiro atoms. The smallest absolute Gasteiger partial charge is 0.154 e. The predicted octanol–water partition coefficient (Wildman–Crippen LogP) is 2.46. The molecule has 168 valence electrons. The summed E-state index contributed by atoms with van der Waals surface area (Å²) >= 11 is 0. The van der Waals surface area contributed by atoms with Crippen molar-refractivity contribution in [3.05, 3.63) is 42.5 Å². The van der Waals surface area contributed by atoms with Gasteiger partial charge in [0.05, 0.1) is 42.3 Å². The third kappa shape index (κ3) is 4.50. The highest BCUT2D eigenvalue weighted by Crippen LogP contribution is 2.30. The van der Waals surface area contributed by atoms with E-state index in [0.29, 0.717) is 66.6 Å². The van der Waals surface area contributed by atoms with E-state index in [1.165, 1.54) is 6.07 Å². The molecule has 2 fully saturated rings. The molecule has 0 saturated carbocycles. The highest BCUT2D eigenvalue weighted by molar-refractivity contribution is 5.88. The van der Waals surface area contributed by atoms with Gasteiger partial charge in [0.2, 0.25) is 0 Å². The van der Waals surface area contributed by atoms with Crippen molar-refractivity contribution in [1.82, 2.24) is 20.3 Å². The van der Waals surface area contributed by atoms with Gasteiger partial charge in [-0.15, -0.1) is 0 Å². The third-order valence-corrected chi connectivity index (χ3v) is 5.78. The van der Waals surface area contributed by atoms with Crippen LogP contribution in [0.15, 0.2) is 36.7 Å². The van der Waals surface area contributed by atoms with Crippen LogP contribution in [0.1, 0.15) is 6.92 Å². The Hall–Kier alpha value is -2.88. The van der Waals surface area contributed by atoms with E-state index in [1.807, 2.05) is 30.0 Å². The largest absolute Gasteiger partial charge is 0.375 e. The molecule has 5 rings (SSSR count). The van der Waals surface area contributed by atoms with Gasteiger partial charge in [0.1, 0.15) is 11.3 Å². The number of anilines is 2. The molecule has 0 bridgehead atoms. The van der Waals surface area contributed by atoms with E-state index in [4.69, 9.17) is 14.5 Å². The summed E-state index contributed by atoms with van der Waals surface area (Å²) in [4.78, 5) is 15.7. The lowest BCUT2D eigenvalue weighted by Crippen LogP contribution is -2.42. The number of fused-ring (bicyclic) bond motifs is 1. The lowest BCUT2D eigenvalue weighted by molar-refractivity contribution is 0.0372. The second kappa shape index (κ2) is 9.32. The Labute approximate surface area is 186 Å². The number of nitrogens with zero attached hydrogens (tertiary/aromatic N) is 4. The molecule has 0 aliphatic carbocycles. The summed E-state index contributed by atoms with van der Waals surface area (Å²) in [5.74, 6) is 0.347. The summed E-state index contributed by atoms with van der Waals surface area (Å²) in [6.07, 6.45) is 3.42. The molecule has 0 radical (unpaired) electrons. The highest BCUT2D eigenvalue weighted by atomic mass is 19.1. The van der Waals surface area contributed by atoms with E-state index in [9.17, 15) is 0 Å². The van der Waals surface area contributed by atoms with Crippen LogP contribution in [-0.4, -0.2) is 73.1 Å². The average Bonchev–Trinajstić information content (AvgIpc) is 2.83. The Morgan fingerprint density at radius 1 is 1.19 bits per heavy atom. The topological polar surface area (TPSA) is 84.4 Å². The molecule has 2 saturated heterocycles. The Bertz CT molecular complexity index is 1090. The summed E-state index contributed by atoms with van der Waals surface area (Å²) in [6, 6.07) is 7.11. The van der Waals surface area contributed by atoms with Crippen molar-refractivity contribution < 1.29 is 13.9 Å². The Balaban J connectivity index is 1.43. The summed E-state index contributed by atoms with van der Waals surface area (Å²) in [5, 5.41) is 6.68. The lowest BCUT2D eigenvalue weighted by Gasteiger charge is -2.33. The fourth-order valence-electron chi connectivity index (χ4n) is 4.16. The van der Waals surface area contributed by atoms with E-state index >= 15 is 4.39 Å². The summed E-state index contributed by atoms with van der Waals surface area (Å²) < 4.78 is 26.4. The number of halogens is 1. The van der Waals surface area contributed by atoms with Crippen molar-refractivity contribution in [3.63, 3.8) is 0 Å². The summed E-state index contributed by atoms with van der Waals surface area (Å²) in [6.45, 7) is 6.88. The molecule has 8 nitrogen and oxygen atoms in total. The molecular formula is C23H27FN6O2. The first-order chi connectivity index (χ1) is 15.7. The van der Waals surface area contributed by atoms with Gasteiger partial charge in [0.15, 0.2) is 5.82 Å². The van der Waals surface area contributed by atoms with Crippen LogP contribution in [-0.2, 0) is 9.47 Å². The number of pyridine rings is 1. The van der Waals surface area contributed by atoms with E-state index in [0.717, 1.165) is 13.1 Å². The van der Waals surface area contributed by atoms with Gasteiger partial charge in [-0.3, -0.25) is 4.98 Å². The molecule has 1 aromatic carbocycles. The van der Waals surface area contributed by atoms with Gasteiger partial charge >= 0.3 is 0 Å². The minimum absolute atomic E-state index is 0.0496.